The number of halogens is 1. The number of aliphatic hydroxyl groups is 1. The van der Waals surface area contributed by atoms with E-state index in [1.807, 2.05) is 25.1 Å². The van der Waals surface area contributed by atoms with Crippen LogP contribution in [0.4, 0.5) is 0 Å². The first kappa shape index (κ1) is 12.9. The molecule has 0 bridgehead atoms. The Bertz CT molecular complexity index is 386. The third kappa shape index (κ3) is 3.44. The number of hydrogen-bond acceptors (Lipinski definition) is 3. The standard InChI is InChI=1S/C13H17BrO3/c1-10-2-3-11(14)8-12(10)17-9-13(15)4-6-16-7-5-13/h2-3,8,15H,4-7,9H2,1H3. The van der Waals surface area contributed by atoms with Crippen molar-refractivity contribution in [3.05, 3.63) is 28.2 Å². The van der Waals surface area contributed by atoms with E-state index in [4.69, 9.17) is 9.47 Å². The molecule has 2 rings (SSSR count). The lowest BCUT2D eigenvalue weighted by atomic mass is 9.96. The lowest BCUT2D eigenvalue weighted by Gasteiger charge is -2.31. The summed E-state index contributed by atoms with van der Waals surface area (Å²) in [5.74, 6) is 0.819. The number of ether oxygens (including phenoxy) is 2. The van der Waals surface area contributed by atoms with Gasteiger partial charge in [0.05, 0.1) is 0 Å². The Hall–Kier alpha value is -0.580. The van der Waals surface area contributed by atoms with Crippen LogP contribution in [0.3, 0.4) is 0 Å². The average Bonchev–Trinajstić information content (AvgIpc) is 2.31. The molecule has 0 saturated carbocycles. The normalized spacial score (nSPS) is 19.0. The van der Waals surface area contributed by atoms with E-state index < -0.39 is 5.60 Å². The molecule has 1 aromatic rings. The monoisotopic (exact) mass is 300 g/mol. The van der Waals surface area contributed by atoms with Gasteiger partial charge in [0.15, 0.2) is 0 Å². The van der Waals surface area contributed by atoms with Crippen molar-refractivity contribution >= 4 is 15.9 Å². The highest BCUT2D eigenvalue weighted by Crippen LogP contribution is 2.26. The summed E-state index contributed by atoms with van der Waals surface area (Å²) < 4.78 is 11.9. The van der Waals surface area contributed by atoms with Crippen LogP contribution in [-0.4, -0.2) is 30.5 Å². The molecule has 1 N–H and O–H groups in total. The van der Waals surface area contributed by atoms with Crippen molar-refractivity contribution in [2.75, 3.05) is 19.8 Å². The van der Waals surface area contributed by atoms with Gasteiger partial charge in [0.2, 0.25) is 0 Å². The molecule has 4 heteroatoms. The van der Waals surface area contributed by atoms with E-state index in [0.29, 0.717) is 32.7 Å². The van der Waals surface area contributed by atoms with E-state index in [1.54, 1.807) is 0 Å². The van der Waals surface area contributed by atoms with Crippen LogP contribution in [0.5, 0.6) is 5.75 Å². The molecule has 17 heavy (non-hydrogen) atoms. The fourth-order valence-electron chi connectivity index (χ4n) is 1.84. The Labute approximate surface area is 110 Å². The van der Waals surface area contributed by atoms with Crippen molar-refractivity contribution in [1.29, 1.82) is 0 Å². The zero-order valence-corrected chi connectivity index (χ0v) is 11.5. The quantitative estimate of drug-likeness (QED) is 0.933. The first-order valence-electron chi connectivity index (χ1n) is 5.78. The Morgan fingerprint density at radius 3 is 2.82 bits per heavy atom. The molecule has 1 saturated heterocycles. The Morgan fingerprint density at radius 1 is 1.41 bits per heavy atom. The van der Waals surface area contributed by atoms with Crippen LogP contribution in [0, 0.1) is 6.92 Å². The summed E-state index contributed by atoms with van der Waals surface area (Å²) in [4.78, 5) is 0. The predicted molar refractivity (Wildman–Crippen MR) is 69.4 cm³/mol. The van der Waals surface area contributed by atoms with E-state index in [2.05, 4.69) is 15.9 Å². The summed E-state index contributed by atoms with van der Waals surface area (Å²) in [5, 5.41) is 10.3. The maximum atomic E-state index is 10.3. The summed E-state index contributed by atoms with van der Waals surface area (Å²) >= 11 is 3.41. The number of rotatable bonds is 3. The smallest absolute Gasteiger partial charge is 0.123 e. The maximum Gasteiger partial charge on any atom is 0.123 e. The Morgan fingerprint density at radius 2 is 2.12 bits per heavy atom. The Kier molecular flexibility index (Phi) is 4.07. The summed E-state index contributed by atoms with van der Waals surface area (Å²) in [5.41, 5.74) is 0.330. The van der Waals surface area contributed by atoms with Gasteiger partial charge in [-0.3, -0.25) is 0 Å². The van der Waals surface area contributed by atoms with E-state index in [-0.39, 0.29) is 0 Å². The van der Waals surface area contributed by atoms with Gasteiger partial charge in [0.25, 0.3) is 0 Å². The van der Waals surface area contributed by atoms with E-state index in [1.165, 1.54) is 0 Å². The molecule has 0 atom stereocenters. The molecule has 0 aliphatic carbocycles. The topological polar surface area (TPSA) is 38.7 Å². The number of benzene rings is 1. The second-order valence-corrected chi connectivity index (χ2v) is 5.45. The van der Waals surface area contributed by atoms with Gasteiger partial charge in [-0.15, -0.1) is 0 Å². The van der Waals surface area contributed by atoms with Crippen LogP contribution in [0.25, 0.3) is 0 Å². The first-order valence-corrected chi connectivity index (χ1v) is 6.57. The minimum Gasteiger partial charge on any atom is -0.490 e. The number of aryl methyl sites for hydroxylation is 1. The summed E-state index contributed by atoms with van der Waals surface area (Å²) in [7, 11) is 0. The average molecular weight is 301 g/mol. The van der Waals surface area contributed by atoms with Crippen molar-refractivity contribution < 1.29 is 14.6 Å². The lowest BCUT2D eigenvalue weighted by molar-refractivity contribution is -0.0856. The van der Waals surface area contributed by atoms with E-state index in [9.17, 15) is 5.11 Å². The van der Waals surface area contributed by atoms with Crippen molar-refractivity contribution in [1.82, 2.24) is 0 Å². The van der Waals surface area contributed by atoms with Crippen molar-refractivity contribution in [3.8, 4) is 5.75 Å². The lowest BCUT2D eigenvalue weighted by Crippen LogP contribution is -2.41. The molecule has 0 spiro atoms. The molecule has 1 aliphatic rings. The molecular weight excluding hydrogens is 284 g/mol. The Balaban J connectivity index is 1.99. The third-order valence-electron chi connectivity index (χ3n) is 3.07. The summed E-state index contributed by atoms with van der Waals surface area (Å²) in [6.45, 7) is 3.54. The molecule has 1 heterocycles. The second kappa shape index (κ2) is 5.38. The van der Waals surface area contributed by atoms with Gasteiger partial charge in [-0.05, 0) is 24.6 Å². The third-order valence-corrected chi connectivity index (χ3v) is 3.56. The van der Waals surface area contributed by atoms with Gasteiger partial charge < -0.3 is 14.6 Å². The number of hydrogen-bond donors (Lipinski definition) is 1. The van der Waals surface area contributed by atoms with E-state index >= 15 is 0 Å². The highest BCUT2D eigenvalue weighted by molar-refractivity contribution is 9.10. The van der Waals surface area contributed by atoms with E-state index in [0.717, 1.165) is 15.8 Å². The van der Waals surface area contributed by atoms with Gasteiger partial charge in [0, 0.05) is 30.5 Å². The van der Waals surface area contributed by atoms with Crippen LogP contribution in [0.1, 0.15) is 18.4 Å². The van der Waals surface area contributed by atoms with Gasteiger partial charge in [-0.2, -0.15) is 0 Å². The highest BCUT2D eigenvalue weighted by Gasteiger charge is 2.30. The molecule has 1 aromatic carbocycles. The van der Waals surface area contributed by atoms with Crippen molar-refractivity contribution in [3.63, 3.8) is 0 Å². The molecule has 0 aromatic heterocycles. The van der Waals surface area contributed by atoms with Gasteiger partial charge in [-0.25, -0.2) is 0 Å². The minimum absolute atomic E-state index is 0.327. The predicted octanol–water partition coefficient (Wildman–Crippen LogP) is 2.68. The molecule has 1 aliphatic heterocycles. The maximum absolute atomic E-state index is 10.3. The summed E-state index contributed by atoms with van der Waals surface area (Å²) in [6, 6.07) is 5.90. The van der Waals surface area contributed by atoms with Crippen LogP contribution in [-0.2, 0) is 4.74 Å². The van der Waals surface area contributed by atoms with Crippen LogP contribution in [0.2, 0.25) is 0 Å². The molecule has 0 amide bonds. The van der Waals surface area contributed by atoms with Gasteiger partial charge >= 0.3 is 0 Å². The highest BCUT2D eigenvalue weighted by atomic mass is 79.9. The SMILES string of the molecule is Cc1ccc(Br)cc1OCC1(O)CCOCC1. The van der Waals surface area contributed by atoms with Crippen molar-refractivity contribution in [2.24, 2.45) is 0 Å². The molecule has 3 nitrogen and oxygen atoms in total. The zero-order chi connectivity index (χ0) is 12.3. The molecule has 0 radical (unpaired) electrons. The van der Waals surface area contributed by atoms with Crippen LogP contribution in [0.15, 0.2) is 22.7 Å². The summed E-state index contributed by atoms with van der Waals surface area (Å²) in [6.07, 6.45) is 1.28. The van der Waals surface area contributed by atoms with Crippen LogP contribution < -0.4 is 4.74 Å². The minimum atomic E-state index is -0.743. The molecule has 1 fully saturated rings. The second-order valence-electron chi connectivity index (χ2n) is 4.54. The van der Waals surface area contributed by atoms with Crippen molar-refractivity contribution in [2.45, 2.75) is 25.4 Å². The van der Waals surface area contributed by atoms with Crippen LogP contribution >= 0.6 is 15.9 Å². The molecular formula is C13H17BrO3. The van der Waals surface area contributed by atoms with Gasteiger partial charge in [0.1, 0.15) is 18.0 Å². The molecule has 94 valence electrons. The largest absolute Gasteiger partial charge is 0.490 e. The van der Waals surface area contributed by atoms with Gasteiger partial charge in [-0.1, -0.05) is 22.0 Å². The first-order chi connectivity index (χ1) is 8.09. The fraction of sp³-hybridized carbons (Fsp3) is 0.538. The zero-order valence-electron chi connectivity index (χ0n) is 9.91. The molecule has 0 unspecified atom stereocenters. The fourth-order valence-corrected chi connectivity index (χ4v) is 2.18.